The van der Waals surface area contributed by atoms with Crippen molar-refractivity contribution in [1.29, 1.82) is 0 Å². The van der Waals surface area contributed by atoms with Gasteiger partial charge in [-0.15, -0.1) is 0 Å². The molecule has 3 aliphatic heterocycles. The van der Waals surface area contributed by atoms with E-state index in [9.17, 15) is 66.1 Å². The zero-order valence-corrected chi connectivity index (χ0v) is 55.3. The van der Waals surface area contributed by atoms with Gasteiger partial charge in [-0.3, -0.25) is 53.2 Å². The molecule has 2 N–H and O–H groups in total. The lowest BCUT2D eigenvalue weighted by Crippen LogP contribution is -2.30. The average Bonchev–Trinajstić information content (AvgIpc) is 1.52. The SMILES string of the molecule is Cc1ccc(N2C(=O)C3=C(c4ccccc4)N(c4ccc(C(F)(F)F)cc4[N+](=O)[O-])C(=O)C3=C2c2ccccc2)c([N+](=O)[O-])c1.Cc1ccc2c(c1)nc1c3c(-c4ccccc4)n4c5ccc(C(F)(F)F)cc5nc4c3c(-c3ccccc3)n21.O=C1N=C(c2ccccc2)c2c(O)[nH]c(-c3ccccc3)c21. The first kappa shape index (κ1) is 66.4. The van der Waals surface area contributed by atoms with Crippen LogP contribution in [-0.4, -0.2) is 62.1 Å². The Kier molecular flexibility index (Phi) is 15.9. The fraction of sp³-hybridized carbons (Fsp3) is 0.0488. The molecule has 0 bridgehead atoms. The Labute approximate surface area is 595 Å². The molecule has 0 radical (unpaired) electrons. The summed E-state index contributed by atoms with van der Waals surface area (Å²) in [6.07, 6.45) is -9.36. The monoisotopic (exact) mass is 1420 g/mol. The molecule has 0 unspecified atom stereocenters. The number of nitro benzene ring substituents is 2. The Bertz CT molecular complexity index is 6280. The van der Waals surface area contributed by atoms with Gasteiger partial charge in [0.15, 0.2) is 5.88 Å². The molecule has 18 nitrogen and oxygen atoms in total. The average molecular weight is 1420 g/mol. The van der Waals surface area contributed by atoms with Gasteiger partial charge in [0.2, 0.25) is 0 Å². The fourth-order valence-electron chi connectivity index (χ4n) is 14.1. The van der Waals surface area contributed by atoms with Crippen LogP contribution in [0.25, 0.3) is 89.3 Å². The molecule has 3 aliphatic rings. The molecule has 0 aliphatic carbocycles. The minimum atomic E-state index is -4.90. The number of H-pyrrole nitrogens is 1. The van der Waals surface area contributed by atoms with Crippen LogP contribution in [0.2, 0.25) is 0 Å². The molecule has 0 atom stereocenters. The number of carbonyl (C=O) groups excluding carboxylic acids is 3. The second-order valence-corrected chi connectivity index (χ2v) is 25.2. The summed E-state index contributed by atoms with van der Waals surface area (Å²) >= 11 is 0. The van der Waals surface area contributed by atoms with Gasteiger partial charge in [-0.25, -0.2) is 15.0 Å². The lowest BCUT2D eigenvalue weighted by atomic mass is 10.0. The number of aromatic amines is 1. The number of hydrogen-bond donors (Lipinski definition) is 2. The van der Waals surface area contributed by atoms with E-state index in [0.29, 0.717) is 62.5 Å². The van der Waals surface area contributed by atoms with E-state index in [0.717, 1.165) is 94.7 Å². The van der Waals surface area contributed by atoms with E-state index in [-0.39, 0.29) is 45.6 Å². The molecule has 0 saturated carbocycles. The smallest absolute Gasteiger partial charge is 0.416 e. The van der Waals surface area contributed by atoms with Gasteiger partial charge < -0.3 is 10.1 Å². The number of aliphatic imine (C=N–C) groups is 1. The number of alkyl halides is 6. The molecule has 518 valence electrons. The van der Waals surface area contributed by atoms with Crippen LogP contribution in [0.1, 0.15) is 54.9 Å². The van der Waals surface area contributed by atoms with Crippen molar-refractivity contribution in [1.82, 2.24) is 23.8 Å². The van der Waals surface area contributed by atoms with Crippen LogP contribution in [0.3, 0.4) is 0 Å². The minimum absolute atomic E-state index is 0.0157. The summed E-state index contributed by atoms with van der Waals surface area (Å²) in [6, 6.07) is 70.8. The summed E-state index contributed by atoms with van der Waals surface area (Å²) in [5.41, 5.74) is 9.26. The third kappa shape index (κ3) is 11.0. The van der Waals surface area contributed by atoms with Crippen molar-refractivity contribution in [2.24, 2.45) is 4.99 Å². The molecule has 0 fully saturated rings. The summed E-state index contributed by atoms with van der Waals surface area (Å²) in [4.78, 5) is 82.8. The number of carbonyl (C=O) groups is 3. The first-order valence-corrected chi connectivity index (χ1v) is 32.8. The maximum absolute atomic E-state index is 14.5. The maximum atomic E-state index is 14.5. The summed E-state index contributed by atoms with van der Waals surface area (Å²) in [7, 11) is 0. The Morgan fingerprint density at radius 3 is 1.27 bits per heavy atom. The molecule has 0 saturated heterocycles. The summed E-state index contributed by atoms with van der Waals surface area (Å²) in [6.45, 7) is 3.69. The number of rotatable bonds is 10. The number of anilines is 2. The molecule has 5 aromatic heterocycles. The van der Waals surface area contributed by atoms with Gasteiger partial charge in [0.05, 0.1) is 110 Å². The number of aryl methyl sites for hydroxylation is 2. The van der Waals surface area contributed by atoms with Gasteiger partial charge in [0.25, 0.3) is 29.1 Å². The topological polar surface area (TPSA) is 227 Å². The third-order valence-electron chi connectivity index (χ3n) is 18.7. The minimum Gasteiger partial charge on any atom is -0.494 e. The number of fused-ring (bicyclic) bond motifs is 11. The first-order chi connectivity index (χ1) is 51.0. The predicted octanol–water partition coefficient (Wildman–Crippen LogP) is 19.0. The molecule has 106 heavy (non-hydrogen) atoms. The molecule has 0 spiro atoms. The van der Waals surface area contributed by atoms with Crippen molar-refractivity contribution in [3.63, 3.8) is 0 Å². The van der Waals surface area contributed by atoms with Crippen LogP contribution in [0.5, 0.6) is 5.88 Å². The number of nitro groups is 2. The lowest BCUT2D eigenvalue weighted by molar-refractivity contribution is -0.384. The zero-order chi connectivity index (χ0) is 73.8. The molecule has 8 heterocycles. The molecular formula is C82H50F6N10O8. The lowest BCUT2D eigenvalue weighted by Gasteiger charge is -2.25. The van der Waals surface area contributed by atoms with Crippen LogP contribution >= 0.6 is 0 Å². The van der Waals surface area contributed by atoms with Gasteiger partial charge in [-0.1, -0.05) is 194 Å². The predicted molar refractivity (Wildman–Crippen MR) is 390 cm³/mol. The normalized spacial score (nSPS) is 13.7. The first-order valence-electron chi connectivity index (χ1n) is 32.8. The van der Waals surface area contributed by atoms with Gasteiger partial charge in [0, 0.05) is 17.7 Å². The van der Waals surface area contributed by atoms with Crippen molar-refractivity contribution in [2.45, 2.75) is 26.2 Å². The Morgan fingerprint density at radius 2 is 0.811 bits per heavy atom. The Balaban J connectivity index is 0.000000128. The number of amides is 3. The zero-order valence-electron chi connectivity index (χ0n) is 55.3. The van der Waals surface area contributed by atoms with E-state index in [2.05, 4.69) is 32.6 Å². The highest BCUT2D eigenvalue weighted by molar-refractivity contribution is 6.42. The van der Waals surface area contributed by atoms with E-state index < -0.39 is 62.2 Å². The number of aromatic hydroxyl groups is 1. The van der Waals surface area contributed by atoms with Gasteiger partial charge in [0.1, 0.15) is 22.7 Å². The molecule has 18 rings (SSSR count). The fourth-order valence-corrected chi connectivity index (χ4v) is 14.1. The maximum Gasteiger partial charge on any atom is 0.416 e. The molecular weight excluding hydrogens is 1370 g/mol. The van der Waals surface area contributed by atoms with Crippen LogP contribution in [0.15, 0.2) is 271 Å². The van der Waals surface area contributed by atoms with Crippen molar-refractivity contribution < 1.29 is 55.7 Å². The standard InChI is InChI=1S/C32H19F3N4O6.C32H19F3N4.C18H12N2O2/c1-18-12-14-22(24(16-18)38(42)43)36-28(19-8-4-2-5-9-19)26-27(30(36)40)29(20-10-6-3-7-11-20)37(31(26)41)23-15-13-21(32(33,34)35)17-25(23)39(44)45;1-18-12-14-24-22(16-18)36-30-26-27(28(38(24)30)19-8-4-2-5-9-19)31-37-23-17-21(32(33,34)35)13-15-25(23)39(31)29(26)20-10-6-3-7-11-20;21-17-13-14(16(20-17)12-9-5-2-6-10-12)18(22)19-15(13)11-7-3-1-4-8-11/h2-17H,1H3;2-17H,1H3;1-10,19,22H. The van der Waals surface area contributed by atoms with Crippen LogP contribution in [-0.2, 0) is 21.9 Å². The second-order valence-electron chi connectivity index (χ2n) is 25.2. The second kappa shape index (κ2) is 25.4. The van der Waals surface area contributed by atoms with Crippen molar-refractivity contribution >= 4 is 102 Å². The Morgan fingerprint density at radius 1 is 0.434 bits per heavy atom. The number of hydrogen-bond acceptors (Lipinski definition) is 10. The van der Waals surface area contributed by atoms with E-state index in [4.69, 9.17) is 9.97 Å². The van der Waals surface area contributed by atoms with Crippen molar-refractivity contribution in [3.05, 3.63) is 336 Å². The van der Waals surface area contributed by atoms with E-state index in [1.165, 1.54) is 30.3 Å². The van der Waals surface area contributed by atoms with E-state index >= 15 is 0 Å². The number of nitrogens with one attached hydrogen (secondary N) is 1. The number of imidazole rings is 2. The molecule has 10 aromatic carbocycles. The van der Waals surface area contributed by atoms with Gasteiger partial charge >= 0.3 is 12.4 Å². The molecule has 15 aromatic rings. The highest BCUT2D eigenvalue weighted by Gasteiger charge is 2.52. The highest BCUT2D eigenvalue weighted by atomic mass is 19.4. The van der Waals surface area contributed by atoms with Gasteiger partial charge in [-0.05, 0) is 101 Å². The number of aromatic nitrogens is 5. The van der Waals surface area contributed by atoms with Crippen LogP contribution in [0, 0.1) is 34.1 Å². The van der Waals surface area contributed by atoms with Crippen molar-refractivity contribution in [2.75, 3.05) is 9.80 Å². The number of halogens is 6. The summed E-state index contributed by atoms with van der Waals surface area (Å²) in [5.74, 6) is -2.12. The largest absolute Gasteiger partial charge is 0.494 e. The number of nitrogens with zero attached hydrogens (tertiary/aromatic N) is 9. The number of benzene rings is 10. The van der Waals surface area contributed by atoms with Crippen LogP contribution < -0.4 is 9.80 Å². The third-order valence-corrected chi connectivity index (χ3v) is 18.7. The Hall–Kier alpha value is -14.2. The van der Waals surface area contributed by atoms with Crippen molar-refractivity contribution in [3.8, 4) is 39.7 Å². The summed E-state index contributed by atoms with van der Waals surface area (Å²) in [5, 5.41) is 36.3. The summed E-state index contributed by atoms with van der Waals surface area (Å²) < 4.78 is 85.6. The van der Waals surface area contributed by atoms with Crippen LogP contribution in [0.4, 0.5) is 49.1 Å². The van der Waals surface area contributed by atoms with Gasteiger partial charge in [-0.2, -0.15) is 26.3 Å². The highest BCUT2D eigenvalue weighted by Crippen LogP contribution is 2.54. The van der Waals surface area contributed by atoms with E-state index in [1.54, 1.807) is 61.5 Å². The van der Waals surface area contributed by atoms with E-state index in [1.807, 2.05) is 133 Å². The molecule has 3 amide bonds. The quantitative estimate of drug-likeness (QED) is 0.0748. The molecule has 24 heteroatoms.